The Morgan fingerprint density at radius 3 is 2.60 bits per heavy atom. The quantitative estimate of drug-likeness (QED) is 0.496. The van der Waals surface area contributed by atoms with Crippen molar-refractivity contribution in [2.45, 2.75) is 6.61 Å². The Balaban J connectivity index is 2.43. The van der Waals surface area contributed by atoms with Crippen molar-refractivity contribution in [3.63, 3.8) is 0 Å². The van der Waals surface area contributed by atoms with E-state index in [-0.39, 0.29) is 0 Å². The van der Waals surface area contributed by atoms with E-state index >= 15 is 0 Å². The Morgan fingerprint density at radius 1 is 1.30 bits per heavy atom. The lowest BCUT2D eigenvalue weighted by Gasteiger charge is -1.98. The third kappa shape index (κ3) is 2.52. The van der Waals surface area contributed by atoms with E-state index in [1.807, 2.05) is 30.3 Å². The van der Waals surface area contributed by atoms with Crippen molar-refractivity contribution in [3.8, 4) is 0 Å². The van der Waals surface area contributed by atoms with Crippen LogP contribution in [0.15, 0.2) is 30.3 Å². The fourth-order valence-electron chi connectivity index (χ4n) is 0.731. The van der Waals surface area contributed by atoms with Crippen molar-refractivity contribution in [3.05, 3.63) is 35.9 Å². The molecule has 3 heteroatoms. The topological polar surface area (TPSA) is 9.23 Å². The molecule has 10 heavy (non-hydrogen) atoms. The molecule has 0 bridgehead atoms. The minimum Gasteiger partial charge on any atom is -0.404 e. The van der Waals surface area contributed by atoms with E-state index in [0.717, 1.165) is 0 Å². The lowest BCUT2D eigenvalue weighted by Crippen LogP contribution is -1.91. The van der Waals surface area contributed by atoms with Crippen LogP contribution in [0.4, 0.5) is 0 Å². The average molecular weight is 173 g/mol. The molecule has 1 aromatic rings. The molecule has 0 N–H and O–H groups in total. The highest BCUT2D eigenvalue weighted by atomic mass is 35.6. The summed E-state index contributed by atoms with van der Waals surface area (Å²) >= 11 is 5.47. The first-order valence-corrected chi connectivity index (χ1v) is 5.82. The van der Waals surface area contributed by atoms with E-state index in [1.54, 1.807) is 0 Å². The van der Waals surface area contributed by atoms with Gasteiger partial charge in [0.2, 0.25) is 0 Å². The van der Waals surface area contributed by atoms with Gasteiger partial charge in [-0.1, -0.05) is 30.3 Å². The highest BCUT2D eigenvalue weighted by molar-refractivity contribution is 6.89. The smallest absolute Gasteiger partial charge is 0.258 e. The van der Waals surface area contributed by atoms with Crippen molar-refractivity contribution in [2.75, 3.05) is 0 Å². The Morgan fingerprint density at radius 2 is 2.00 bits per heavy atom. The standard InChI is InChI=1S/C7H9ClOSi/c8-10-9-6-7-4-2-1-3-5-7/h1-5H,6,10H2. The second kappa shape index (κ2) is 4.49. The molecule has 0 heterocycles. The fourth-order valence-corrected chi connectivity index (χ4v) is 1.27. The maximum absolute atomic E-state index is 5.47. The summed E-state index contributed by atoms with van der Waals surface area (Å²) in [5.74, 6) is 0. The molecule has 0 saturated carbocycles. The van der Waals surface area contributed by atoms with E-state index in [1.165, 1.54) is 5.56 Å². The number of halogens is 1. The molecule has 0 aliphatic heterocycles. The summed E-state index contributed by atoms with van der Waals surface area (Å²) in [5.41, 5.74) is 1.19. The zero-order valence-corrected chi connectivity index (χ0v) is 7.76. The van der Waals surface area contributed by atoms with Crippen LogP contribution in [0, 0.1) is 0 Å². The molecule has 1 aromatic carbocycles. The van der Waals surface area contributed by atoms with Gasteiger partial charge < -0.3 is 4.43 Å². The maximum Gasteiger partial charge on any atom is 0.258 e. The monoisotopic (exact) mass is 172 g/mol. The molecule has 0 amide bonds. The zero-order valence-electron chi connectivity index (χ0n) is 5.59. The van der Waals surface area contributed by atoms with Gasteiger partial charge in [-0.2, -0.15) is 0 Å². The van der Waals surface area contributed by atoms with Crippen LogP contribution in [0.2, 0.25) is 0 Å². The van der Waals surface area contributed by atoms with Gasteiger partial charge in [0.1, 0.15) is 0 Å². The third-order valence-electron chi connectivity index (χ3n) is 1.19. The van der Waals surface area contributed by atoms with Crippen LogP contribution in [0.1, 0.15) is 5.56 Å². The predicted molar refractivity (Wildman–Crippen MR) is 45.6 cm³/mol. The molecule has 0 saturated heterocycles. The summed E-state index contributed by atoms with van der Waals surface area (Å²) in [5, 5.41) is 0. The molecule has 0 atom stereocenters. The molecule has 0 aliphatic rings. The highest BCUT2D eigenvalue weighted by Gasteiger charge is 1.87. The van der Waals surface area contributed by atoms with Crippen molar-refractivity contribution >= 4 is 20.2 Å². The van der Waals surface area contributed by atoms with Gasteiger partial charge in [0.25, 0.3) is 9.07 Å². The van der Waals surface area contributed by atoms with Crippen LogP contribution in [0.5, 0.6) is 0 Å². The second-order valence-corrected chi connectivity index (χ2v) is 3.22. The van der Waals surface area contributed by atoms with Gasteiger partial charge in [-0.3, -0.25) is 0 Å². The van der Waals surface area contributed by atoms with Crippen LogP contribution in [0.3, 0.4) is 0 Å². The van der Waals surface area contributed by atoms with Gasteiger partial charge in [-0.25, -0.2) is 0 Å². The number of hydrogen-bond acceptors (Lipinski definition) is 1. The summed E-state index contributed by atoms with van der Waals surface area (Å²) in [7, 11) is -0.758. The first-order chi connectivity index (χ1) is 4.93. The number of benzene rings is 1. The summed E-state index contributed by atoms with van der Waals surface area (Å²) in [6.45, 7) is 0.663. The van der Waals surface area contributed by atoms with Crippen LogP contribution in [-0.2, 0) is 11.0 Å². The Bertz CT molecular complexity index is 178. The first-order valence-electron chi connectivity index (χ1n) is 3.11. The Labute approximate surface area is 67.6 Å². The van der Waals surface area contributed by atoms with E-state index in [9.17, 15) is 0 Å². The first kappa shape index (κ1) is 7.79. The summed E-state index contributed by atoms with van der Waals surface area (Å²) < 4.78 is 5.12. The summed E-state index contributed by atoms with van der Waals surface area (Å²) in [4.78, 5) is 0. The van der Waals surface area contributed by atoms with Crippen molar-refractivity contribution in [1.29, 1.82) is 0 Å². The lowest BCUT2D eigenvalue weighted by molar-refractivity contribution is 0.334. The molecule has 1 nitrogen and oxygen atoms in total. The maximum atomic E-state index is 5.47. The molecular weight excluding hydrogens is 164 g/mol. The molecule has 54 valence electrons. The molecule has 0 radical (unpaired) electrons. The molecule has 1 rings (SSSR count). The fraction of sp³-hybridized carbons (Fsp3) is 0.143. The second-order valence-electron chi connectivity index (χ2n) is 1.94. The summed E-state index contributed by atoms with van der Waals surface area (Å²) in [6, 6.07) is 10.0. The van der Waals surface area contributed by atoms with Crippen molar-refractivity contribution in [2.24, 2.45) is 0 Å². The number of hydrogen-bond donors (Lipinski definition) is 0. The molecule has 0 aromatic heterocycles. The minimum absolute atomic E-state index is 0.663. The van der Waals surface area contributed by atoms with E-state index in [2.05, 4.69) is 0 Å². The molecule has 0 spiro atoms. The van der Waals surface area contributed by atoms with Crippen molar-refractivity contribution < 1.29 is 4.43 Å². The van der Waals surface area contributed by atoms with Gasteiger partial charge >= 0.3 is 0 Å². The van der Waals surface area contributed by atoms with Gasteiger partial charge in [0.15, 0.2) is 0 Å². The van der Waals surface area contributed by atoms with Gasteiger partial charge in [-0.15, -0.1) is 11.1 Å². The van der Waals surface area contributed by atoms with E-state index < -0.39 is 9.07 Å². The Hall–Kier alpha value is -0.313. The number of rotatable bonds is 3. The zero-order chi connectivity index (χ0) is 7.23. The van der Waals surface area contributed by atoms with Crippen LogP contribution in [0.25, 0.3) is 0 Å². The van der Waals surface area contributed by atoms with Gasteiger partial charge in [0, 0.05) is 0 Å². The minimum atomic E-state index is -0.758. The van der Waals surface area contributed by atoms with Gasteiger partial charge in [-0.05, 0) is 5.56 Å². The molecule has 0 unspecified atom stereocenters. The van der Waals surface area contributed by atoms with E-state index in [4.69, 9.17) is 15.5 Å². The van der Waals surface area contributed by atoms with E-state index in [0.29, 0.717) is 6.61 Å². The van der Waals surface area contributed by atoms with Crippen LogP contribution >= 0.6 is 11.1 Å². The Kier molecular flexibility index (Phi) is 3.50. The molecule has 0 aliphatic carbocycles. The molecule has 0 fully saturated rings. The third-order valence-corrected chi connectivity index (χ3v) is 2.01. The predicted octanol–water partition coefficient (Wildman–Crippen LogP) is 1.44. The van der Waals surface area contributed by atoms with Crippen LogP contribution < -0.4 is 0 Å². The van der Waals surface area contributed by atoms with Crippen LogP contribution in [-0.4, -0.2) is 9.07 Å². The normalized spacial score (nSPS) is 10.9. The van der Waals surface area contributed by atoms with Gasteiger partial charge in [0.05, 0.1) is 6.61 Å². The SMILES string of the molecule is Cl[SiH2]OCc1ccccc1. The highest BCUT2D eigenvalue weighted by Crippen LogP contribution is 1.99. The average Bonchev–Trinajstić information content (AvgIpc) is 2.03. The molecular formula is C7H9ClOSi. The lowest BCUT2D eigenvalue weighted by atomic mass is 10.2. The van der Waals surface area contributed by atoms with Crippen molar-refractivity contribution in [1.82, 2.24) is 0 Å². The largest absolute Gasteiger partial charge is 0.404 e. The summed E-state index contributed by atoms with van der Waals surface area (Å²) in [6.07, 6.45) is 0.